The third kappa shape index (κ3) is 3.20. The maximum absolute atomic E-state index is 5.86. The molecule has 0 aliphatic rings. The molecule has 2 aromatic rings. The average molecular weight is 246 g/mol. The number of nitrogens with two attached hydrogens (primary N) is 1. The molecule has 18 heavy (non-hydrogen) atoms. The fourth-order valence-electron chi connectivity index (χ4n) is 1.60. The second-order valence-corrected chi connectivity index (χ2v) is 4.35. The summed E-state index contributed by atoms with van der Waals surface area (Å²) in [6.45, 7) is 4.59. The Morgan fingerprint density at radius 2 is 2.17 bits per heavy atom. The lowest BCUT2D eigenvalue weighted by atomic mass is 10.2. The summed E-state index contributed by atoms with van der Waals surface area (Å²) in [7, 11) is 0. The minimum atomic E-state index is 0.104. The first-order chi connectivity index (χ1) is 8.65. The molecule has 0 radical (unpaired) electrons. The predicted octanol–water partition coefficient (Wildman–Crippen LogP) is 3.26. The van der Waals surface area contributed by atoms with Gasteiger partial charge in [-0.15, -0.1) is 0 Å². The highest BCUT2D eigenvalue weighted by molar-refractivity contribution is 5.61. The molecule has 1 aromatic heterocycles. The van der Waals surface area contributed by atoms with E-state index in [1.165, 1.54) is 0 Å². The SMILES string of the molecule is CC(C)Oc1cc(NCc2ccco2)ccc1N. The monoisotopic (exact) mass is 246 g/mol. The lowest BCUT2D eigenvalue weighted by Gasteiger charge is -2.14. The topological polar surface area (TPSA) is 60.4 Å². The molecule has 0 amide bonds. The van der Waals surface area contributed by atoms with E-state index in [2.05, 4.69) is 5.32 Å². The van der Waals surface area contributed by atoms with Crippen LogP contribution in [-0.4, -0.2) is 6.10 Å². The number of nitrogens with one attached hydrogen (secondary N) is 1. The molecule has 0 fully saturated rings. The second-order valence-electron chi connectivity index (χ2n) is 4.35. The van der Waals surface area contributed by atoms with E-state index in [1.54, 1.807) is 6.26 Å². The Balaban J connectivity index is 2.04. The minimum Gasteiger partial charge on any atom is -0.489 e. The molecule has 1 heterocycles. The van der Waals surface area contributed by atoms with Crippen molar-refractivity contribution in [3.8, 4) is 5.75 Å². The normalized spacial score (nSPS) is 10.6. The molecule has 0 saturated carbocycles. The van der Waals surface area contributed by atoms with E-state index in [0.29, 0.717) is 18.0 Å². The van der Waals surface area contributed by atoms with Gasteiger partial charge in [-0.25, -0.2) is 0 Å². The molecule has 4 nitrogen and oxygen atoms in total. The molecule has 0 saturated heterocycles. The van der Waals surface area contributed by atoms with Gasteiger partial charge in [0.05, 0.1) is 24.6 Å². The Morgan fingerprint density at radius 1 is 1.33 bits per heavy atom. The van der Waals surface area contributed by atoms with E-state index in [9.17, 15) is 0 Å². The summed E-state index contributed by atoms with van der Waals surface area (Å²) >= 11 is 0. The number of hydrogen-bond donors (Lipinski definition) is 2. The molecule has 0 aliphatic carbocycles. The fourth-order valence-corrected chi connectivity index (χ4v) is 1.60. The molecule has 0 atom stereocenters. The molecule has 0 spiro atoms. The predicted molar refractivity (Wildman–Crippen MR) is 72.7 cm³/mol. The molecule has 96 valence electrons. The quantitative estimate of drug-likeness (QED) is 0.795. The van der Waals surface area contributed by atoms with E-state index in [1.807, 2.05) is 44.2 Å². The van der Waals surface area contributed by atoms with Crippen molar-refractivity contribution >= 4 is 11.4 Å². The van der Waals surface area contributed by atoms with Gasteiger partial charge >= 0.3 is 0 Å². The molecule has 4 heteroatoms. The van der Waals surface area contributed by atoms with Crippen LogP contribution in [0.15, 0.2) is 41.0 Å². The highest BCUT2D eigenvalue weighted by Gasteiger charge is 2.05. The molecule has 0 unspecified atom stereocenters. The summed E-state index contributed by atoms with van der Waals surface area (Å²) < 4.78 is 10.9. The lowest BCUT2D eigenvalue weighted by Crippen LogP contribution is -2.08. The largest absolute Gasteiger partial charge is 0.489 e. The first-order valence-corrected chi connectivity index (χ1v) is 5.97. The Morgan fingerprint density at radius 3 is 2.83 bits per heavy atom. The van der Waals surface area contributed by atoms with E-state index in [-0.39, 0.29) is 6.10 Å². The van der Waals surface area contributed by atoms with Crippen LogP contribution in [0.3, 0.4) is 0 Å². The first kappa shape index (κ1) is 12.4. The van der Waals surface area contributed by atoms with Gasteiger partial charge in [-0.05, 0) is 38.1 Å². The maximum atomic E-state index is 5.86. The van der Waals surface area contributed by atoms with Crippen LogP contribution >= 0.6 is 0 Å². The smallest absolute Gasteiger partial charge is 0.144 e. The number of furan rings is 1. The van der Waals surface area contributed by atoms with Crippen LogP contribution in [0.2, 0.25) is 0 Å². The standard InChI is InChI=1S/C14H18N2O2/c1-10(2)18-14-8-11(5-6-13(14)15)16-9-12-4-3-7-17-12/h3-8,10,16H,9,15H2,1-2H3. The fraction of sp³-hybridized carbons (Fsp3) is 0.286. The van der Waals surface area contributed by atoms with Crippen molar-refractivity contribution < 1.29 is 9.15 Å². The number of anilines is 2. The maximum Gasteiger partial charge on any atom is 0.144 e. The van der Waals surface area contributed by atoms with Crippen LogP contribution in [0.1, 0.15) is 19.6 Å². The molecule has 1 aromatic carbocycles. The summed E-state index contributed by atoms with van der Waals surface area (Å²) in [6, 6.07) is 9.45. The van der Waals surface area contributed by atoms with Crippen LogP contribution in [0.5, 0.6) is 5.75 Å². The van der Waals surface area contributed by atoms with Crippen molar-refractivity contribution in [1.82, 2.24) is 0 Å². The molecule has 0 aliphatic heterocycles. The van der Waals surface area contributed by atoms with Gasteiger partial charge in [-0.2, -0.15) is 0 Å². The van der Waals surface area contributed by atoms with Crippen molar-refractivity contribution in [3.05, 3.63) is 42.4 Å². The van der Waals surface area contributed by atoms with Crippen LogP contribution < -0.4 is 15.8 Å². The highest BCUT2D eigenvalue weighted by atomic mass is 16.5. The average Bonchev–Trinajstić information content (AvgIpc) is 2.82. The van der Waals surface area contributed by atoms with Crippen molar-refractivity contribution in [2.75, 3.05) is 11.1 Å². The van der Waals surface area contributed by atoms with Gasteiger partial charge in [0.2, 0.25) is 0 Å². The number of rotatable bonds is 5. The molecule has 2 rings (SSSR count). The Hall–Kier alpha value is -2.10. The Bertz CT molecular complexity index is 493. The van der Waals surface area contributed by atoms with Crippen molar-refractivity contribution in [2.45, 2.75) is 26.5 Å². The van der Waals surface area contributed by atoms with Crippen molar-refractivity contribution in [2.24, 2.45) is 0 Å². The molecule has 3 N–H and O–H groups in total. The third-order valence-corrected chi connectivity index (χ3v) is 2.42. The Kier molecular flexibility index (Phi) is 3.77. The van der Waals surface area contributed by atoms with E-state index < -0.39 is 0 Å². The highest BCUT2D eigenvalue weighted by Crippen LogP contribution is 2.26. The summed E-state index contributed by atoms with van der Waals surface area (Å²) in [5, 5.41) is 3.26. The Labute approximate surface area is 107 Å². The number of benzene rings is 1. The van der Waals surface area contributed by atoms with Gasteiger partial charge in [0.15, 0.2) is 0 Å². The number of hydrogen-bond acceptors (Lipinski definition) is 4. The molecular weight excluding hydrogens is 228 g/mol. The first-order valence-electron chi connectivity index (χ1n) is 5.97. The van der Waals surface area contributed by atoms with Gasteiger partial charge in [0.1, 0.15) is 11.5 Å². The zero-order chi connectivity index (χ0) is 13.0. The summed E-state index contributed by atoms with van der Waals surface area (Å²) in [5.74, 6) is 1.59. The van der Waals surface area contributed by atoms with Crippen LogP contribution in [0.4, 0.5) is 11.4 Å². The van der Waals surface area contributed by atoms with Crippen LogP contribution in [0, 0.1) is 0 Å². The lowest BCUT2D eigenvalue weighted by molar-refractivity contribution is 0.244. The third-order valence-electron chi connectivity index (χ3n) is 2.42. The van der Waals surface area contributed by atoms with Gasteiger partial charge in [-0.1, -0.05) is 0 Å². The van der Waals surface area contributed by atoms with Crippen LogP contribution in [-0.2, 0) is 6.54 Å². The summed E-state index contributed by atoms with van der Waals surface area (Å²) in [5.41, 5.74) is 7.46. The molecular formula is C14H18N2O2. The summed E-state index contributed by atoms with van der Waals surface area (Å²) in [4.78, 5) is 0. The van der Waals surface area contributed by atoms with Gasteiger partial charge < -0.3 is 20.2 Å². The zero-order valence-electron chi connectivity index (χ0n) is 10.6. The van der Waals surface area contributed by atoms with Crippen molar-refractivity contribution in [1.29, 1.82) is 0 Å². The van der Waals surface area contributed by atoms with E-state index >= 15 is 0 Å². The van der Waals surface area contributed by atoms with Crippen LogP contribution in [0.25, 0.3) is 0 Å². The minimum absolute atomic E-state index is 0.104. The summed E-state index contributed by atoms with van der Waals surface area (Å²) in [6.07, 6.45) is 1.76. The number of ether oxygens (including phenoxy) is 1. The van der Waals surface area contributed by atoms with Crippen molar-refractivity contribution in [3.63, 3.8) is 0 Å². The van der Waals surface area contributed by atoms with E-state index in [0.717, 1.165) is 11.4 Å². The van der Waals surface area contributed by atoms with Gasteiger partial charge in [0, 0.05) is 11.8 Å². The second kappa shape index (κ2) is 5.49. The van der Waals surface area contributed by atoms with E-state index in [4.69, 9.17) is 14.9 Å². The molecule has 0 bridgehead atoms. The van der Waals surface area contributed by atoms with Gasteiger partial charge in [0.25, 0.3) is 0 Å². The number of nitrogen functional groups attached to an aromatic ring is 1. The van der Waals surface area contributed by atoms with Gasteiger partial charge in [-0.3, -0.25) is 0 Å². The zero-order valence-corrected chi connectivity index (χ0v) is 10.6.